The van der Waals surface area contributed by atoms with Crippen LogP contribution in [0.15, 0.2) is 93.5 Å². The summed E-state index contributed by atoms with van der Waals surface area (Å²) in [5, 5.41) is 0.852. The third kappa shape index (κ3) is 3.19. The molecular weight excluding hydrogens is 390 g/mol. The van der Waals surface area contributed by atoms with E-state index in [2.05, 4.69) is 0 Å². The van der Waals surface area contributed by atoms with Crippen LogP contribution in [0.4, 0.5) is 0 Å². The van der Waals surface area contributed by atoms with Crippen LogP contribution < -0.4 is 4.74 Å². The molecule has 0 aliphatic carbocycles. The summed E-state index contributed by atoms with van der Waals surface area (Å²) in [6.07, 6.45) is 0. The third-order valence-corrected chi connectivity index (χ3v) is 7.59. The summed E-state index contributed by atoms with van der Waals surface area (Å²) in [5.74, 6) is 0.691. The largest absolute Gasteiger partial charge is 0.497 e. The van der Waals surface area contributed by atoms with Crippen LogP contribution in [0.25, 0.3) is 10.9 Å². The molecule has 1 aromatic heterocycles. The lowest BCUT2D eigenvalue weighted by molar-refractivity contribution is 0.415. The predicted octanol–water partition coefficient (Wildman–Crippen LogP) is 5.35. The molecule has 0 atom stereocenters. The average Bonchev–Trinajstić information content (AvgIpc) is 3.01. The van der Waals surface area contributed by atoms with Gasteiger partial charge in [-0.1, -0.05) is 48.2 Å². The summed E-state index contributed by atoms with van der Waals surface area (Å²) >= 11 is 1.55. The van der Waals surface area contributed by atoms with Gasteiger partial charge in [0.1, 0.15) is 5.75 Å². The molecule has 4 aromatic rings. The fourth-order valence-corrected chi connectivity index (χ4v) is 5.89. The number of fused-ring (bicyclic) bond motifs is 1. The van der Waals surface area contributed by atoms with Crippen LogP contribution in [0.3, 0.4) is 0 Å². The predicted molar refractivity (Wildman–Crippen MR) is 113 cm³/mol. The zero-order chi connectivity index (χ0) is 19.7. The minimum Gasteiger partial charge on any atom is -0.497 e. The molecule has 3 aromatic carbocycles. The second-order valence-electron chi connectivity index (χ2n) is 6.30. The van der Waals surface area contributed by atoms with Crippen molar-refractivity contribution in [1.82, 2.24) is 3.97 Å². The normalized spacial score (nSPS) is 11.6. The van der Waals surface area contributed by atoms with Gasteiger partial charge in [0.25, 0.3) is 10.0 Å². The zero-order valence-electron chi connectivity index (χ0n) is 15.5. The van der Waals surface area contributed by atoms with E-state index >= 15 is 0 Å². The summed E-state index contributed by atoms with van der Waals surface area (Å²) in [6.45, 7) is 1.85. The third-order valence-electron chi connectivity index (χ3n) is 4.54. The first-order valence-electron chi connectivity index (χ1n) is 8.75. The molecule has 0 saturated heterocycles. The number of nitrogens with zero attached hydrogens (tertiary/aromatic N) is 1. The summed E-state index contributed by atoms with van der Waals surface area (Å²) in [4.78, 5) is 2.21. The minimum atomic E-state index is -3.72. The maximum absolute atomic E-state index is 13.4. The van der Waals surface area contributed by atoms with Gasteiger partial charge < -0.3 is 4.74 Å². The number of aromatic nitrogens is 1. The quantitative estimate of drug-likeness (QED) is 0.446. The number of rotatable bonds is 5. The molecule has 0 radical (unpaired) electrons. The smallest absolute Gasteiger partial charge is 0.268 e. The molecule has 28 heavy (non-hydrogen) atoms. The van der Waals surface area contributed by atoms with E-state index in [1.54, 1.807) is 61.3 Å². The fraction of sp³-hybridized carbons (Fsp3) is 0.0909. The van der Waals surface area contributed by atoms with Crippen molar-refractivity contribution in [1.29, 1.82) is 0 Å². The van der Waals surface area contributed by atoms with E-state index in [0.717, 1.165) is 15.2 Å². The van der Waals surface area contributed by atoms with Gasteiger partial charge in [-0.05, 0) is 49.4 Å². The van der Waals surface area contributed by atoms with Crippen molar-refractivity contribution >= 4 is 32.7 Å². The fourth-order valence-electron chi connectivity index (χ4n) is 3.21. The van der Waals surface area contributed by atoms with Crippen LogP contribution in [-0.4, -0.2) is 19.5 Å². The van der Waals surface area contributed by atoms with E-state index in [9.17, 15) is 8.42 Å². The van der Waals surface area contributed by atoms with Crippen LogP contribution in [0, 0.1) is 6.92 Å². The first-order chi connectivity index (χ1) is 13.5. The Morgan fingerprint density at radius 2 is 1.54 bits per heavy atom. The number of hydrogen-bond donors (Lipinski definition) is 0. The lowest BCUT2D eigenvalue weighted by Gasteiger charge is -2.10. The van der Waals surface area contributed by atoms with Gasteiger partial charge in [0.15, 0.2) is 0 Å². The highest BCUT2D eigenvalue weighted by Gasteiger charge is 2.25. The molecule has 0 fully saturated rings. The molecule has 1 heterocycles. The van der Waals surface area contributed by atoms with Crippen molar-refractivity contribution in [2.24, 2.45) is 0 Å². The van der Waals surface area contributed by atoms with Crippen molar-refractivity contribution in [3.05, 3.63) is 84.6 Å². The molecule has 142 valence electrons. The number of hydrogen-bond acceptors (Lipinski definition) is 4. The molecule has 0 bridgehead atoms. The average molecular weight is 410 g/mol. The van der Waals surface area contributed by atoms with E-state index in [4.69, 9.17) is 4.74 Å². The molecule has 4 rings (SSSR count). The Bertz CT molecular complexity index is 1230. The second kappa shape index (κ2) is 7.37. The standard InChI is InChI=1S/C22H19NO3S2/c1-16-22(27-18-9-5-3-6-10-18)20-15-17(26-2)13-14-21(20)23(16)28(24,25)19-11-7-4-8-12-19/h3-15H,1-2H3. The van der Waals surface area contributed by atoms with Crippen molar-refractivity contribution in [3.8, 4) is 5.75 Å². The van der Waals surface area contributed by atoms with Gasteiger partial charge >= 0.3 is 0 Å². The van der Waals surface area contributed by atoms with Crippen LogP contribution in [0.5, 0.6) is 5.75 Å². The Kier molecular flexibility index (Phi) is 4.91. The maximum Gasteiger partial charge on any atom is 0.268 e. The van der Waals surface area contributed by atoms with Crippen LogP contribution in [0.1, 0.15) is 5.69 Å². The van der Waals surface area contributed by atoms with E-state index in [1.807, 2.05) is 43.3 Å². The van der Waals surface area contributed by atoms with E-state index in [-0.39, 0.29) is 4.90 Å². The lowest BCUT2D eigenvalue weighted by Crippen LogP contribution is -2.14. The molecule has 0 N–H and O–H groups in total. The van der Waals surface area contributed by atoms with Crippen LogP contribution in [-0.2, 0) is 10.0 Å². The first kappa shape index (κ1) is 18.7. The van der Waals surface area contributed by atoms with E-state index in [0.29, 0.717) is 17.0 Å². The topological polar surface area (TPSA) is 48.3 Å². The number of benzene rings is 3. The molecule has 6 heteroatoms. The van der Waals surface area contributed by atoms with Crippen molar-refractivity contribution in [2.45, 2.75) is 21.6 Å². The Labute approximate surface area is 168 Å². The number of ether oxygens (including phenoxy) is 1. The van der Waals surface area contributed by atoms with Crippen LogP contribution >= 0.6 is 11.8 Å². The van der Waals surface area contributed by atoms with Crippen molar-refractivity contribution < 1.29 is 13.2 Å². The van der Waals surface area contributed by atoms with Gasteiger partial charge in [0.05, 0.1) is 17.5 Å². The summed E-state index contributed by atoms with van der Waals surface area (Å²) in [6, 6.07) is 23.9. The monoisotopic (exact) mass is 409 g/mol. The Morgan fingerprint density at radius 1 is 0.893 bits per heavy atom. The Hall–Kier alpha value is -2.70. The van der Waals surface area contributed by atoms with Gasteiger partial charge in [-0.15, -0.1) is 0 Å². The highest BCUT2D eigenvalue weighted by atomic mass is 32.2. The van der Waals surface area contributed by atoms with E-state index < -0.39 is 10.0 Å². The van der Waals surface area contributed by atoms with Crippen molar-refractivity contribution in [2.75, 3.05) is 7.11 Å². The Balaban J connectivity index is 1.99. The Morgan fingerprint density at radius 3 is 2.18 bits per heavy atom. The lowest BCUT2D eigenvalue weighted by atomic mass is 10.2. The molecule has 4 nitrogen and oxygen atoms in total. The molecule has 0 unspecified atom stereocenters. The minimum absolute atomic E-state index is 0.266. The molecule has 0 saturated carbocycles. The molecular formula is C22H19NO3S2. The first-order valence-corrected chi connectivity index (χ1v) is 11.0. The maximum atomic E-state index is 13.4. The van der Waals surface area contributed by atoms with Crippen LogP contribution in [0.2, 0.25) is 0 Å². The molecule has 0 spiro atoms. The summed E-state index contributed by atoms with van der Waals surface area (Å²) in [5.41, 5.74) is 1.32. The molecule has 0 aliphatic rings. The second-order valence-corrected chi connectivity index (χ2v) is 9.17. The highest BCUT2D eigenvalue weighted by molar-refractivity contribution is 7.99. The SMILES string of the molecule is COc1ccc2c(c1)c(Sc1ccccc1)c(C)n2S(=O)(=O)c1ccccc1. The summed E-state index contributed by atoms with van der Waals surface area (Å²) < 4.78 is 33.6. The van der Waals surface area contributed by atoms with E-state index in [1.165, 1.54) is 3.97 Å². The highest BCUT2D eigenvalue weighted by Crippen LogP contribution is 2.41. The zero-order valence-corrected chi connectivity index (χ0v) is 17.1. The van der Waals surface area contributed by atoms with Gasteiger partial charge in [-0.2, -0.15) is 0 Å². The van der Waals surface area contributed by atoms with Crippen molar-refractivity contribution in [3.63, 3.8) is 0 Å². The summed E-state index contributed by atoms with van der Waals surface area (Å²) in [7, 11) is -2.12. The van der Waals surface area contributed by atoms with Gasteiger partial charge in [0.2, 0.25) is 0 Å². The molecule has 0 amide bonds. The van der Waals surface area contributed by atoms with Gasteiger partial charge in [-0.3, -0.25) is 0 Å². The molecule has 0 aliphatic heterocycles. The van der Waals surface area contributed by atoms with Gasteiger partial charge in [-0.25, -0.2) is 12.4 Å². The van der Waals surface area contributed by atoms with Gasteiger partial charge in [0, 0.05) is 20.9 Å². The number of methoxy groups -OCH3 is 1.